The number of aromatic nitrogens is 2. The van der Waals surface area contributed by atoms with Gasteiger partial charge in [0.15, 0.2) is 0 Å². The van der Waals surface area contributed by atoms with Gasteiger partial charge in [-0.3, -0.25) is 4.79 Å². The van der Waals surface area contributed by atoms with Crippen molar-refractivity contribution in [3.05, 3.63) is 13.7 Å². The van der Waals surface area contributed by atoms with E-state index in [2.05, 4.69) is 50.2 Å². The summed E-state index contributed by atoms with van der Waals surface area (Å²) in [6.07, 6.45) is 1.61. The second-order valence-electron chi connectivity index (χ2n) is 2.84. The third-order valence-electron chi connectivity index (χ3n) is 1.94. The van der Waals surface area contributed by atoms with Crippen molar-refractivity contribution in [3.8, 4) is 0 Å². The first-order valence-corrected chi connectivity index (χ1v) is 5.97. The van der Waals surface area contributed by atoms with Crippen LogP contribution in [0.3, 0.4) is 0 Å². The molecule has 0 saturated carbocycles. The van der Waals surface area contributed by atoms with Crippen LogP contribution in [0.1, 0.15) is 13.0 Å². The van der Waals surface area contributed by atoms with Gasteiger partial charge >= 0.3 is 5.97 Å². The summed E-state index contributed by atoms with van der Waals surface area (Å²) in [5.41, 5.74) is 5.52. The van der Waals surface area contributed by atoms with Gasteiger partial charge in [0.2, 0.25) is 0 Å². The lowest BCUT2D eigenvalue weighted by atomic mass is 10.1. The Bertz CT molecular complexity index is 353. The highest BCUT2D eigenvalue weighted by Crippen LogP contribution is 2.19. The molecule has 7 heteroatoms. The molecule has 5 nitrogen and oxygen atoms in total. The van der Waals surface area contributed by atoms with Crippen LogP contribution in [-0.2, 0) is 4.79 Å². The Morgan fingerprint density at radius 3 is 2.64 bits per heavy atom. The molecule has 0 saturated heterocycles. The van der Waals surface area contributed by atoms with Gasteiger partial charge in [0.25, 0.3) is 0 Å². The lowest BCUT2D eigenvalue weighted by molar-refractivity contribution is -0.139. The summed E-state index contributed by atoms with van der Waals surface area (Å²) in [7, 11) is 0. The second kappa shape index (κ2) is 4.75. The van der Waals surface area contributed by atoms with E-state index in [1.807, 2.05) is 0 Å². The van der Waals surface area contributed by atoms with Crippen molar-refractivity contribution in [1.29, 1.82) is 0 Å². The first kappa shape index (κ1) is 12.2. The van der Waals surface area contributed by atoms with Crippen molar-refractivity contribution in [2.75, 3.05) is 0 Å². The predicted octanol–water partition coefficient (Wildman–Crippen LogP) is 1.07. The van der Waals surface area contributed by atoms with Crippen LogP contribution in [0.5, 0.6) is 0 Å². The van der Waals surface area contributed by atoms with Crippen LogP contribution < -0.4 is 5.73 Å². The number of carbonyl (C=O) groups is 1. The Morgan fingerprint density at radius 2 is 2.29 bits per heavy atom. The van der Waals surface area contributed by atoms with Crippen molar-refractivity contribution < 1.29 is 9.90 Å². The van der Waals surface area contributed by atoms with Crippen LogP contribution in [0.4, 0.5) is 0 Å². The number of carboxylic acids is 1. The fraction of sp³-hybridized carbons (Fsp3) is 0.429. The van der Waals surface area contributed by atoms with Crippen LogP contribution in [0, 0.1) is 7.40 Å². The topological polar surface area (TPSA) is 81.1 Å². The first-order valence-electron chi connectivity index (χ1n) is 3.81. The summed E-state index contributed by atoms with van der Waals surface area (Å²) in [5, 5.41) is 8.75. The number of rotatable bonds is 3. The van der Waals surface area contributed by atoms with Crippen molar-refractivity contribution in [2.45, 2.75) is 19.0 Å². The van der Waals surface area contributed by atoms with Gasteiger partial charge in [-0.25, -0.2) is 4.98 Å². The van der Waals surface area contributed by atoms with Gasteiger partial charge in [-0.2, -0.15) is 0 Å². The fourth-order valence-corrected chi connectivity index (χ4v) is 2.09. The molecule has 0 aromatic carbocycles. The molecule has 0 fully saturated rings. The zero-order chi connectivity index (χ0) is 10.9. The Labute approximate surface area is 108 Å². The van der Waals surface area contributed by atoms with Crippen LogP contribution in [0.25, 0.3) is 0 Å². The number of hydrogen-bond acceptors (Lipinski definition) is 3. The van der Waals surface area contributed by atoms with Gasteiger partial charge < -0.3 is 15.4 Å². The summed E-state index contributed by atoms with van der Waals surface area (Å²) >= 11 is 4.21. The van der Waals surface area contributed by atoms with E-state index in [4.69, 9.17) is 10.8 Å². The van der Waals surface area contributed by atoms with E-state index in [1.54, 1.807) is 17.8 Å². The number of aliphatic carboxylic acids is 1. The van der Waals surface area contributed by atoms with E-state index in [9.17, 15) is 4.79 Å². The molecule has 3 N–H and O–H groups in total. The molecule has 0 aliphatic rings. The number of carboxylic acid groups (broad SMARTS) is 1. The van der Waals surface area contributed by atoms with E-state index in [-0.39, 0.29) is 6.04 Å². The van der Waals surface area contributed by atoms with Crippen molar-refractivity contribution in [3.63, 3.8) is 0 Å². The molecule has 1 rings (SSSR count). The molecule has 2 unspecified atom stereocenters. The maximum absolute atomic E-state index is 10.7. The predicted molar refractivity (Wildman–Crippen MR) is 68.0 cm³/mol. The van der Waals surface area contributed by atoms with Gasteiger partial charge in [0.1, 0.15) is 13.4 Å². The third-order valence-corrected chi connectivity index (χ3v) is 4.83. The van der Waals surface area contributed by atoms with Crippen LogP contribution in [0.15, 0.2) is 6.33 Å². The summed E-state index contributed by atoms with van der Waals surface area (Å²) in [4.78, 5) is 14.7. The first-order chi connectivity index (χ1) is 6.45. The highest BCUT2D eigenvalue weighted by molar-refractivity contribution is 14.1. The summed E-state index contributed by atoms with van der Waals surface area (Å²) in [6.45, 7) is 1.76. The molecule has 0 bridgehead atoms. The number of imidazole rings is 1. The largest absolute Gasteiger partial charge is 0.480 e. The zero-order valence-electron chi connectivity index (χ0n) is 7.32. The molecule has 1 heterocycles. The molecule has 0 spiro atoms. The molecular weight excluding hydrogens is 412 g/mol. The molecular formula is C7H9I2N3O2. The summed E-state index contributed by atoms with van der Waals surface area (Å²) in [6, 6.07) is -1.20. The van der Waals surface area contributed by atoms with E-state index in [0.717, 1.165) is 7.40 Å². The third kappa shape index (κ3) is 2.37. The number of halogens is 2. The minimum Gasteiger partial charge on any atom is -0.480 e. The average Bonchev–Trinajstić information content (AvgIpc) is 2.45. The van der Waals surface area contributed by atoms with Gasteiger partial charge in [-0.05, 0) is 52.1 Å². The van der Waals surface area contributed by atoms with E-state index >= 15 is 0 Å². The maximum Gasteiger partial charge on any atom is 0.322 e. The highest BCUT2D eigenvalue weighted by Gasteiger charge is 2.23. The molecule has 0 amide bonds. The summed E-state index contributed by atoms with van der Waals surface area (Å²) < 4.78 is 3.53. The van der Waals surface area contributed by atoms with E-state index in [1.165, 1.54) is 0 Å². The lowest BCUT2D eigenvalue weighted by Gasteiger charge is -2.18. The van der Waals surface area contributed by atoms with Gasteiger partial charge in [-0.1, -0.05) is 0 Å². The molecule has 1 aromatic heterocycles. The molecule has 78 valence electrons. The van der Waals surface area contributed by atoms with Crippen molar-refractivity contribution in [1.82, 2.24) is 9.55 Å². The smallest absolute Gasteiger partial charge is 0.322 e. The number of nitrogens with zero attached hydrogens (tertiary/aromatic N) is 2. The van der Waals surface area contributed by atoms with Gasteiger partial charge in [-0.15, -0.1) is 0 Å². The highest BCUT2D eigenvalue weighted by atomic mass is 127. The molecule has 0 aliphatic heterocycles. The maximum atomic E-state index is 10.7. The number of hydrogen-bond donors (Lipinski definition) is 2. The quantitative estimate of drug-likeness (QED) is 0.716. The monoisotopic (exact) mass is 421 g/mol. The minimum absolute atomic E-state index is 0.296. The second-order valence-corrected chi connectivity index (χ2v) is 4.88. The average molecular weight is 421 g/mol. The molecule has 0 aliphatic carbocycles. The minimum atomic E-state index is -1.00. The molecule has 14 heavy (non-hydrogen) atoms. The van der Waals surface area contributed by atoms with Crippen LogP contribution in [-0.4, -0.2) is 26.7 Å². The molecule has 2 atom stereocenters. The Balaban J connectivity index is 2.94. The SMILES string of the molecule is CC(C(N)C(=O)O)n1cnc(I)c1I. The fourth-order valence-electron chi connectivity index (χ4n) is 0.987. The normalized spacial score (nSPS) is 15.1. The Hall–Kier alpha value is 0.100. The van der Waals surface area contributed by atoms with Crippen LogP contribution in [0.2, 0.25) is 0 Å². The van der Waals surface area contributed by atoms with E-state index < -0.39 is 12.0 Å². The Morgan fingerprint density at radius 1 is 1.71 bits per heavy atom. The van der Waals surface area contributed by atoms with E-state index in [0.29, 0.717) is 0 Å². The van der Waals surface area contributed by atoms with Gasteiger partial charge in [0.05, 0.1) is 12.4 Å². The van der Waals surface area contributed by atoms with Crippen LogP contribution >= 0.6 is 45.2 Å². The molecule has 0 radical (unpaired) electrons. The summed E-state index contributed by atoms with van der Waals surface area (Å²) in [5.74, 6) is -1.00. The van der Waals surface area contributed by atoms with Gasteiger partial charge in [0, 0.05) is 0 Å². The van der Waals surface area contributed by atoms with Crippen molar-refractivity contribution >= 4 is 51.2 Å². The van der Waals surface area contributed by atoms with Crippen molar-refractivity contribution in [2.24, 2.45) is 5.73 Å². The lowest BCUT2D eigenvalue weighted by Crippen LogP contribution is -2.38. The zero-order valence-corrected chi connectivity index (χ0v) is 11.6. The number of nitrogens with two attached hydrogens (primary N) is 1. The Kier molecular flexibility index (Phi) is 4.13. The molecule has 1 aromatic rings. The standard InChI is InChI=1S/C7H9I2N3O2/c1-3(4(10)7(13)14)12-2-11-5(8)6(12)9/h2-4H,10H2,1H3,(H,13,14).